The lowest BCUT2D eigenvalue weighted by Crippen LogP contribution is -2.29. The Hall–Kier alpha value is -1.72. The largest absolute Gasteiger partial charge is 0.356 e. The van der Waals surface area contributed by atoms with Crippen LogP contribution in [0.1, 0.15) is 154 Å². The first-order valence-electron chi connectivity index (χ1n) is 17.0. The zero-order chi connectivity index (χ0) is 30.9. The minimum Gasteiger partial charge on any atom is -0.356 e. The first-order valence-corrected chi connectivity index (χ1v) is 17.0. The van der Waals surface area contributed by atoms with Gasteiger partial charge in [-0.3, -0.25) is 24.6 Å². The highest BCUT2D eigenvalue weighted by Crippen LogP contribution is 2.08. The van der Waals surface area contributed by atoms with Crippen molar-refractivity contribution < 1.29 is 19.2 Å². The van der Waals surface area contributed by atoms with E-state index in [9.17, 15) is 19.2 Å². The van der Waals surface area contributed by atoms with Crippen LogP contribution in [0.3, 0.4) is 0 Å². The van der Waals surface area contributed by atoms with Gasteiger partial charge in [-0.2, -0.15) is 0 Å². The van der Waals surface area contributed by atoms with Crippen LogP contribution in [-0.2, 0) is 19.2 Å². The van der Waals surface area contributed by atoms with Gasteiger partial charge in [0.2, 0.25) is 23.6 Å². The molecule has 0 bridgehead atoms. The average Bonchev–Trinajstić information content (AvgIpc) is 2.98. The number of hydrogen-bond donors (Lipinski definition) is 6. The SMILES string of the molecule is Br.NCCCCCCCC(=O)NCCCCCCCC(=O)NCCCCCCCC(=O)NCCCCCCCC(=O)NN. The second-order valence-corrected chi connectivity index (χ2v) is 11.5. The fourth-order valence-corrected chi connectivity index (χ4v) is 4.80. The van der Waals surface area contributed by atoms with Crippen LogP contribution >= 0.6 is 17.0 Å². The number of carbonyl (C=O) groups excluding carboxylic acids is 4. The summed E-state index contributed by atoms with van der Waals surface area (Å²) in [5, 5.41) is 9.02. The van der Waals surface area contributed by atoms with Gasteiger partial charge in [0, 0.05) is 45.3 Å². The predicted octanol–water partition coefficient (Wildman–Crippen LogP) is 5.22. The molecule has 0 aliphatic rings. The van der Waals surface area contributed by atoms with Crippen LogP contribution in [0, 0.1) is 0 Å². The molecule has 4 amide bonds. The zero-order valence-corrected chi connectivity index (χ0v) is 28.7. The van der Waals surface area contributed by atoms with Gasteiger partial charge >= 0.3 is 0 Å². The molecule has 0 rings (SSSR count). The molecule has 0 aromatic heterocycles. The van der Waals surface area contributed by atoms with E-state index in [1.165, 1.54) is 0 Å². The maximum Gasteiger partial charge on any atom is 0.233 e. The summed E-state index contributed by atoms with van der Waals surface area (Å²) in [6, 6.07) is 0. The Labute approximate surface area is 272 Å². The van der Waals surface area contributed by atoms with Gasteiger partial charge in [0.05, 0.1) is 0 Å². The molecule has 0 radical (unpaired) electrons. The number of unbranched alkanes of at least 4 members (excludes halogenated alkanes) is 16. The number of hydrazine groups is 1. The van der Waals surface area contributed by atoms with Gasteiger partial charge in [0.25, 0.3) is 0 Å². The van der Waals surface area contributed by atoms with Crippen LogP contribution in [-0.4, -0.2) is 49.8 Å². The van der Waals surface area contributed by atoms with Gasteiger partial charge in [-0.1, -0.05) is 77.0 Å². The van der Waals surface area contributed by atoms with Crippen molar-refractivity contribution in [3.05, 3.63) is 0 Å². The van der Waals surface area contributed by atoms with Crippen molar-refractivity contribution in [1.82, 2.24) is 21.4 Å². The predicted molar refractivity (Wildman–Crippen MR) is 182 cm³/mol. The van der Waals surface area contributed by atoms with E-state index in [1.807, 2.05) is 0 Å². The third-order valence-corrected chi connectivity index (χ3v) is 7.48. The molecule has 0 spiro atoms. The maximum atomic E-state index is 12.0. The summed E-state index contributed by atoms with van der Waals surface area (Å²) in [6.07, 6.45) is 22.9. The zero-order valence-electron chi connectivity index (χ0n) is 27.0. The van der Waals surface area contributed by atoms with E-state index < -0.39 is 0 Å². The minimum atomic E-state index is -0.116. The summed E-state index contributed by atoms with van der Waals surface area (Å²) in [6.45, 7) is 2.96. The molecule has 43 heavy (non-hydrogen) atoms. The van der Waals surface area contributed by atoms with E-state index in [0.717, 1.165) is 155 Å². The van der Waals surface area contributed by atoms with Gasteiger partial charge in [0.15, 0.2) is 0 Å². The Morgan fingerprint density at radius 1 is 0.372 bits per heavy atom. The average molecular weight is 678 g/mol. The molecule has 0 heterocycles. The van der Waals surface area contributed by atoms with Gasteiger partial charge in [-0.25, -0.2) is 5.84 Å². The van der Waals surface area contributed by atoms with Crippen LogP contribution in [0.5, 0.6) is 0 Å². The number of hydrogen-bond acceptors (Lipinski definition) is 6. The quantitative estimate of drug-likeness (QED) is 0.0254. The van der Waals surface area contributed by atoms with Crippen LogP contribution in [0.4, 0.5) is 0 Å². The Bertz CT molecular complexity index is 684. The van der Waals surface area contributed by atoms with Crippen molar-refractivity contribution in [1.29, 1.82) is 0 Å². The first kappa shape index (κ1) is 43.4. The smallest absolute Gasteiger partial charge is 0.233 e. The molecule has 0 aromatic carbocycles. The second-order valence-electron chi connectivity index (χ2n) is 11.5. The Morgan fingerprint density at radius 2 is 0.628 bits per heavy atom. The summed E-state index contributed by atoms with van der Waals surface area (Å²) >= 11 is 0. The van der Waals surface area contributed by atoms with Crippen molar-refractivity contribution >= 4 is 40.6 Å². The lowest BCUT2D eigenvalue weighted by molar-refractivity contribution is -0.122. The van der Waals surface area contributed by atoms with Crippen LogP contribution in [0.2, 0.25) is 0 Å². The topological polar surface area (TPSA) is 168 Å². The van der Waals surface area contributed by atoms with Crippen molar-refractivity contribution in [2.45, 2.75) is 154 Å². The number of halogens is 1. The van der Waals surface area contributed by atoms with E-state index in [0.29, 0.717) is 25.7 Å². The van der Waals surface area contributed by atoms with E-state index in [-0.39, 0.29) is 40.6 Å². The van der Waals surface area contributed by atoms with Gasteiger partial charge in [0.1, 0.15) is 0 Å². The number of nitrogens with two attached hydrogens (primary N) is 2. The van der Waals surface area contributed by atoms with Crippen molar-refractivity contribution in [3.63, 3.8) is 0 Å². The number of nitrogens with one attached hydrogen (secondary N) is 4. The second kappa shape index (κ2) is 34.8. The molecule has 0 saturated carbocycles. The van der Waals surface area contributed by atoms with Crippen LogP contribution in [0.15, 0.2) is 0 Å². The van der Waals surface area contributed by atoms with Gasteiger partial charge in [-0.05, 0) is 57.9 Å². The Balaban J connectivity index is 0. The summed E-state index contributed by atoms with van der Waals surface area (Å²) in [5.41, 5.74) is 7.62. The lowest BCUT2D eigenvalue weighted by atomic mass is 10.1. The summed E-state index contributed by atoms with van der Waals surface area (Å²) in [7, 11) is 0. The number of amides is 4. The minimum absolute atomic E-state index is 0. The van der Waals surface area contributed by atoms with E-state index in [2.05, 4.69) is 21.4 Å². The first-order chi connectivity index (χ1) is 20.5. The highest BCUT2D eigenvalue weighted by atomic mass is 79.9. The molecule has 0 aromatic rings. The van der Waals surface area contributed by atoms with Gasteiger partial charge < -0.3 is 21.7 Å². The summed E-state index contributed by atoms with van der Waals surface area (Å²) in [5.74, 6) is 5.37. The number of carbonyl (C=O) groups is 4. The molecule has 0 atom stereocenters. The molecule has 11 heteroatoms. The standard InChI is InChI=1S/C32H64N6O4.BrH/c33-25-17-9-1-5-13-21-29(39)35-26-18-10-2-6-14-22-30(40)36-27-19-11-3-7-15-23-31(41)37-28-20-12-4-8-16-24-32(42)38-34;/h1-28,33-34H2,(H,35,39)(H,36,40)(H,37,41)(H,38,42);1H. The van der Waals surface area contributed by atoms with Crippen molar-refractivity contribution in [2.24, 2.45) is 11.6 Å². The Kier molecular flexibility index (Phi) is 35.1. The maximum absolute atomic E-state index is 12.0. The molecule has 0 aliphatic heterocycles. The molecular formula is C32H65BrN6O4. The summed E-state index contributed by atoms with van der Waals surface area (Å²) in [4.78, 5) is 46.8. The summed E-state index contributed by atoms with van der Waals surface area (Å²) < 4.78 is 0. The van der Waals surface area contributed by atoms with E-state index in [4.69, 9.17) is 11.6 Å². The highest BCUT2D eigenvalue weighted by molar-refractivity contribution is 8.93. The van der Waals surface area contributed by atoms with E-state index >= 15 is 0 Å². The third kappa shape index (κ3) is 34.6. The fourth-order valence-electron chi connectivity index (χ4n) is 4.80. The molecule has 0 saturated heterocycles. The number of rotatable bonds is 31. The van der Waals surface area contributed by atoms with Crippen LogP contribution < -0.4 is 33.0 Å². The molecule has 8 N–H and O–H groups in total. The monoisotopic (exact) mass is 676 g/mol. The normalized spacial score (nSPS) is 10.6. The molecule has 254 valence electrons. The lowest BCUT2D eigenvalue weighted by Gasteiger charge is -2.07. The molecular weight excluding hydrogens is 612 g/mol. The van der Waals surface area contributed by atoms with E-state index in [1.54, 1.807) is 0 Å². The van der Waals surface area contributed by atoms with Gasteiger partial charge in [-0.15, -0.1) is 17.0 Å². The fraction of sp³-hybridized carbons (Fsp3) is 0.875. The van der Waals surface area contributed by atoms with Crippen molar-refractivity contribution in [3.8, 4) is 0 Å². The van der Waals surface area contributed by atoms with Crippen LogP contribution in [0.25, 0.3) is 0 Å². The molecule has 0 aliphatic carbocycles. The highest BCUT2D eigenvalue weighted by Gasteiger charge is 2.04. The molecule has 0 unspecified atom stereocenters. The van der Waals surface area contributed by atoms with Crippen molar-refractivity contribution in [2.75, 3.05) is 26.2 Å². The Morgan fingerprint density at radius 3 is 0.930 bits per heavy atom. The third-order valence-electron chi connectivity index (χ3n) is 7.48. The molecule has 0 fully saturated rings. The molecule has 10 nitrogen and oxygen atoms in total.